The number of ether oxygens (including phenoxy) is 1. The summed E-state index contributed by atoms with van der Waals surface area (Å²) >= 11 is 1.42. The Kier molecular flexibility index (Phi) is 6.54. The van der Waals surface area contributed by atoms with Gasteiger partial charge in [-0.25, -0.2) is 4.98 Å². The summed E-state index contributed by atoms with van der Waals surface area (Å²) in [5.41, 5.74) is 1.25. The lowest BCUT2D eigenvalue weighted by Crippen LogP contribution is -2.29. The number of pyridine rings is 1. The first-order valence-electron chi connectivity index (χ1n) is 8.83. The number of hydrogen-bond acceptors (Lipinski definition) is 6. The summed E-state index contributed by atoms with van der Waals surface area (Å²) in [5.74, 6) is -0.268. The first kappa shape index (κ1) is 18.8. The normalized spacial score (nSPS) is 15.1. The molecule has 1 aliphatic heterocycles. The highest BCUT2D eigenvalue weighted by Crippen LogP contribution is 2.19. The minimum absolute atomic E-state index is 0.156. The van der Waals surface area contributed by atoms with E-state index in [-0.39, 0.29) is 11.5 Å². The molecular weight excluding hydrogens is 352 g/mol. The number of nitrogens with one attached hydrogen (secondary N) is 1. The molecule has 1 amide bonds. The molecule has 0 saturated carbocycles. The van der Waals surface area contributed by atoms with E-state index in [1.165, 1.54) is 47.3 Å². The van der Waals surface area contributed by atoms with Crippen molar-refractivity contribution in [1.29, 1.82) is 0 Å². The largest absolute Gasteiger partial charge is 0.383 e. The van der Waals surface area contributed by atoms with Crippen molar-refractivity contribution in [3.8, 4) is 0 Å². The van der Waals surface area contributed by atoms with Crippen LogP contribution in [0.2, 0.25) is 0 Å². The number of piperidine rings is 1. The van der Waals surface area contributed by atoms with Crippen molar-refractivity contribution in [1.82, 2.24) is 14.5 Å². The number of anilines is 1. The van der Waals surface area contributed by atoms with Gasteiger partial charge in [0.25, 0.3) is 11.5 Å². The topological polar surface area (TPSA) is 76.5 Å². The average molecular weight is 376 g/mol. The summed E-state index contributed by atoms with van der Waals surface area (Å²) in [6.45, 7) is 3.88. The molecule has 0 aliphatic carbocycles. The number of hydrogen-bond donors (Lipinski definition) is 1. The molecule has 1 N–H and O–H groups in total. The minimum atomic E-state index is -0.268. The average Bonchev–Trinajstić information content (AvgIpc) is 3.08. The van der Waals surface area contributed by atoms with E-state index in [1.807, 2.05) is 5.38 Å². The van der Waals surface area contributed by atoms with Crippen LogP contribution in [0.1, 0.15) is 35.3 Å². The number of aromatic nitrogens is 2. The van der Waals surface area contributed by atoms with E-state index >= 15 is 0 Å². The lowest BCUT2D eigenvalue weighted by molar-refractivity contribution is 0.102. The van der Waals surface area contributed by atoms with Gasteiger partial charge in [-0.2, -0.15) is 0 Å². The van der Waals surface area contributed by atoms with E-state index in [4.69, 9.17) is 4.74 Å². The molecular formula is C18H24N4O3S. The van der Waals surface area contributed by atoms with Crippen LogP contribution in [-0.2, 0) is 17.8 Å². The Balaban J connectivity index is 1.62. The summed E-state index contributed by atoms with van der Waals surface area (Å²) in [6.07, 6.45) is 5.35. The second-order valence-electron chi connectivity index (χ2n) is 6.38. The first-order valence-corrected chi connectivity index (χ1v) is 9.71. The summed E-state index contributed by atoms with van der Waals surface area (Å²) in [6, 6.07) is 2.93. The minimum Gasteiger partial charge on any atom is -0.383 e. The zero-order chi connectivity index (χ0) is 18.4. The molecule has 3 rings (SSSR count). The fourth-order valence-electron chi connectivity index (χ4n) is 2.98. The second kappa shape index (κ2) is 9.07. The molecule has 3 heterocycles. The summed E-state index contributed by atoms with van der Waals surface area (Å²) in [7, 11) is 1.57. The fourth-order valence-corrected chi connectivity index (χ4v) is 3.68. The first-order chi connectivity index (χ1) is 12.7. The van der Waals surface area contributed by atoms with Crippen molar-refractivity contribution in [2.75, 3.05) is 32.1 Å². The Hall–Kier alpha value is -2.03. The molecule has 0 bridgehead atoms. The molecule has 2 aromatic rings. The van der Waals surface area contributed by atoms with Crippen molar-refractivity contribution in [3.63, 3.8) is 0 Å². The number of thiazole rings is 1. The zero-order valence-corrected chi connectivity index (χ0v) is 15.8. The highest BCUT2D eigenvalue weighted by molar-refractivity contribution is 7.13. The van der Waals surface area contributed by atoms with E-state index in [1.54, 1.807) is 13.3 Å². The van der Waals surface area contributed by atoms with Gasteiger partial charge in [0.15, 0.2) is 5.13 Å². The molecule has 26 heavy (non-hydrogen) atoms. The van der Waals surface area contributed by atoms with Crippen molar-refractivity contribution in [2.45, 2.75) is 32.4 Å². The van der Waals surface area contributed by atoms with Gasteiger partial charge in [-0.3, -0.25) is 19.8 Å². The van der Waals surface area contributed by atoms with Crippen LogP contribution < -0.4 is 10.9 Å². The number of rotatable bonds is 7. The molecule has 0 atom stereocenters. The van der Waals surface area contributed by atoms with Crippen LogP contribution in [0.15, 0.2) is 28.5 Å². The molecule has 1 aliphatic rings. The van der Waals surface area contributed by atoms with Gasteiger partial charge in [0.1, 0.15) is 0 Å². The van der Waals surface area contributed by atoms with Gasteiger partial charge in [-0.1, -0.05) is 6.42 Å². The monoisotopic (exact) mass is 376 g/mol. The summed E-state index contributed by atoms with van der Waals surface area (Å²) in [5, 5.41) is 5.39. The second-order valence-corrected chi connectivity index (χ2v) is 7.24. The highest BCUT2D eigenvalue weighted by atomic mass is 32.1. The van der Waals surface area contributed by atoms with Crippen LogP contribution in [0, 0.1) is 0 Å². The number of carbonyl (C=O) groups is 1. The third-order valence-corrected chi connectivity index (χ3v) is 5.20. The fraction of sp³-hybridized carbons (Fsp3) is 0.500. The van der Waals surface area contributed by atoms with Gasteiger partial charge in [0, 0.05) is 37.8 Å². The molecule has 0 radical (unpaired) electrons. The molecule has 2 aromatic heterocycles. The van der Waals surface area contributed by atoms with Crippen molar-refractivity contribution < 1.29 is 9.53 Å². The Labute approximate surface area is 156 Å². The maximum Gasteiger partial charge on any atom is 0.258 e. The Bertz CT molecular complexity index is 796. The molecule has 140 valence electrons. The molecule has 0 unspecified atom stereocenters. The van der Waals surface area contributed by atoms with Crippen molar-refractivity contribution in [2.24, 2.45) is 0 Å². The predicted molar refractivity (Wildman–Crippen MR) is 102 cm³/mol. The number of nitrogens with zero attached hydrogens (tertiary/aromatic N) is 3. The van der Waals surface area contributed by atoms with Crippen molar-refractivity contribution in [3.05, 3.63) is 45.3 Å². The van der Waals surface area contributed by atoms with Gasteiger partial charge in [0.05, 0.1) is 17.9 Å². The Morgan fingerprint density at radius 3 is 2.88 bits per heavy atom. The molecule has 1 fully saturated rings. The maximum absolute atomic E-state index is 12.4. The third-order valence-electron chi connectivity index (χ3n) is 4.39. The zero-order valence-electron chi connectivity index (χ0n) is 14.9. The standard InChI is InChI=1S/C18H24N4O3S/c1-25-10-9-22-11-14(5-6-16(22)23)17(24)20-18-19-15(13-26-18)12-21-7-3-2-4-8-21/h5-6,11,13H,2-4,7-10,12H2,1H3,(H,19,20,24). The van der Waals surface area contributed by atoms with E-state index < -0.39 is 0 Å². The predicted octanol–water partition coefficient (Wildman–Crippen LogP) is 2.19. The molecule has 8 heteroatoms. The Morgan fingerprint density at radius 2 is 2.12 bits per heavy atom. The number of likely N-dealkylation sites (tertiary alicyclic amines) is 1. The van der Waals surface area contributed by atoms with E-state index in [9.17, 15) is 9.59 Å². The molecule has 0 aromatic carbocycles. The smallest absolute Gasteiger partial charge is 0.258 e. The van der Waals surface area contributed by atoms with Crippen LogP contribution in [0.5, 0.6) is 0 Å². The summed E-state index contributed by atoms with van der Waals surface area (Å²) in [4.78, 5) is 31.2. The van der Waals surface area contributed by atoms with Gasteiger partial charge in [0.2, 0.25) is 0 Å². The van der Waals surface area contributed by atoms with E-state index in [0.717, 1.165) is 25.3 Å². The van der Waals surface area contributed by atoms with Crippen LogP contribution in [0.3, 0.4) is 0 Å². The quantitative estimate of drug-likeness (QED) is 0.802. The van der Waals surface area contributed by atoms with Crippen LogP contribution in [-0.4, -0.2) is 47.2 Å². The number of amides is 1. The van der Waals surface area contributed by atoms with Gasteiger partial charge in [-0.15, -0.1) is 11.3 Å². The summed E-state index contributed by atoms with van der Waals surface area (Å²) < 4.78 is 6.46. The van der Waals surface area contributed by atoms with Crippen LogP contribution >= 0.6 is 11.3 Å². The molecule has 0 spiro atoms. The van der Waals surface area contributed by atoms with Gasteiger partial charge < -0.3 is 9.30 Å². The maximum atomic E-state index is 12.4. The van der Waals surface area contributed by atoms with Gasteiger partial charge >= 0.3 is 0 Å². The van der Waals surface area contributed by atoms with Gasteiger partial charge in [-0.05, 0) is 32.0 Å². The highest BCUT2D eigenvalue weighted by Gasteiger charge is 2.14. The molecule has 1 saturated heterocycles. The van der Waals surface area contributed by atoms with Crippen LogP contribution in [0.25, 0.3) is 0 Å². The van der Waals surface area contributed by atoms with E-state index in [0.29, 0.717) is 23.8 Å². The lowest BCUT2D eigenvalue weighted by Gasteiger charge is -2.25. The van der Waals surface area contributed by atoms with Crippen molar-refractivity contribution >= 4 is 22.4 Å². The van der Waals surface area contributed by atoms with E-state index in [2.05, 4.69) is 15.2 Å². The number of carbonyl (C=O) groups excluding carboxylic acids is 1. The SMILES string of the molecule is COCCn1cc(C(=O)Nc2nc(CN3CCCCC3)cs2)ccc1=O. The Morgan fingerprint density at radius 1 is 1.31 bits per heavy atom. The lowest BCUT2D eigenvalue weighted by atomic mass is 10.1. The number of methoxy groups -OCH3 is 1. The molecule has 7 nitrogen and oxygen atoms in total. The third kappa shape index (κ3) is 5.00. The van der Waals surface area contributed by atoms with Crippen LogP contribution in [0.4, 0.5) is 5.13 Å².